The molecule has 3 rings (SSSR count). The lowest BCUT2D eigenvalue weighted by Gasteiger charge is -2.35. The summed E-state index contributed by atoms with van der Waals surface area (Å²) in [5.74, 6) is 2.15. The fourth-order valence-corrected chi connectivity index (χ4v) is 3.11. The van der Waals surface area contributed by atoms with E-state index in [9.17, 15) is 0 Å². The van der Waals surface area contributed by atoms with Gasteiger partial charge in [0.05, 0.1) is 6.04 Å². The van der Waals surface area contributed by atoms with Gasteiger partial charge in [0.15, 0.2) is 5.82 Å². The van der Waals surface area contributed by atoms with Crippen LogP contribution in [0.25, 0.3) is 0 Å². The average molecular weight is 304 g/mol. The normalized spacial score (nSPS) is 21.1. The maximum Gasteiger partial charge on any atom is 0.243 e. The zero-order chi connectivity index (χ0) is 15.4. The van der Waals surface area contributed by atoms with Crippen molar-refractivity contribution in [1.82, 2.24) is 29.8 Å². The van der Waals surface area contributed by atoms with Crippen molar-refractivity contribution in [2.45, 2.75) is 52.1 Å². The monoisotopic (exact) mass is 304 g/mol. The number of piperidine rings is 1. The van der Waals surface area contributed by atoms with Gasteiger partial charge in [-0.05, 0) is 38.6 Å². The fourth-order valence-electron chi connectivity index (χ4n) is 3.11. The number of aromatic nitrogens is 5. The SMILES string of the molecule is CCCc1noc(C(C)N2CCCC(Cn3cncn3)C2)n1. The molecule has 0 N–H and O–H groups in total. The molecular weight excluding hydrogens is 280 g/mol. The molecule has 1 aliphatic rings. The van der Waals surface area contributed by atoms with Crippen LogP contribution in [-0.2, 0) is 13.0 Å². The van der Waals surface area contributed by atoms with Crippen LogP contribution in [0.4, 0.5) is 0 Å². The van der Waals surface area contributed by atoms with Crippen LogP contribution in [0.5, 0.6) is 0 Å². The first-order valence-corrected chi connectivity index (χ1v) is 8.15. The van der Waals surface area contributed by atoms with Crippen molar-refractivity contribution in [2.24, 2.45) is 5.92 Å². The number of aryl methyl sites for hydroxylation is 1. The summed E-state index contributed by atoms with van der Waals surface area (Å²) in [6.07, 6.45) is 7.73. The highest BCUT2D eigenvalue weighted by Gasteiger charge is 2.27. The van der Waals surface area contributed by atoms with Gasteiger partial charge in [0.1, 0.15) is 12.7 Å². The highest BCUT2D eigenvalue weighted by Crippen LogP contribution is 2.26. The number of hydrogen-bond donors (Lipinski definition) is 0. The summed E-state index contributed by atoms with van der Waals surface area (Å²) in [4.78, 5) is 11.0. The van der Waals surface area contributed by atoms with Crippen molar-refractivity contribution in [3.8, 4) is 0 Å². The Kier molecular flexibility index (Phi) is 4.82. The van der Waals surface area contributed by atoms with Crippen molar-refractivity contribution >= 4 is 0 Å². The lowest BCUT2D eigenvalue weighted by molar-refractivity contribution is 0.102. The highest BCUT2D eigenvalue weighted by atomic mass is 16.5. The third-order valence-corrected chi connectivity index (χ3v) is 4.32. The van der Waals surface area contributed by atoms with Crippen LogP contribution in [0.3, 0.4) is 0 Å². The third kappa shape index (κ3) is 3.52. The highest BCUT2D eigenvalue weighted by molar-refractivity contribution is 4.93. The predicted molar refractivity (Wildman–Crippen MR) is 81.0 cm³/mol. The molecule has 1 fully saturated rings. The predicted octanol–water partition coefficient (Wildman–Crippen LogP) is 2.09. The summed E-state index contributed by atoms with van der Waals surface area (Å²) >= 11 is 0. The molecule has 2 aromatic rings. The summed E-state index contributed by atoms with van der Waals surface area (Å²) in [7, 11) is 0. The number of likely N-dealkylation sites (tertiary alicyclic amines) is 1. The molecule has 2 unspecified atom stereocenters. The molecule has 2 aromatic heterocycles. The first kappa shape index (κ1) is 15.1. The molecule has 0 spiro atoms. The first-order chi connectivity index (χ1) is 10.8. The Morgan fingerprint density at radius 3 is 3.14 bits per heavy atom. The van der Waals surface area contributed by atoms with Gasteiger partial charge in [0.25, 0.3) is 0 Å². The maximum absolute atomic E-state index is 5.44. The molecule has 0 aliphatic carbocycles. The largest absolute Gasteiger partial charge is 0.338 e. The summed E-state index contributed by atoms with van der Waals surface area (Å²) < 4.78 is 7.36. The van der Waals surface area contributed by atoms with Gasteiger partial charge in [-0.1, -0.05) is 12.1 Å². The van der Waals surface area contributed by atoms with Crippen LogP contribution in [0.15, 0.2) is 17.2 Å². The van der Waals surface area contributed by atoms with E-state index in [4.69, 9.17) is 4.52 Å². The van der Waals surface area contributed by atoms with E-state index in [1.807, 2.05) is 4.68 Å². The van der Waals surface area contributed by atoms with Crippen LogP contribution >= 0.6 is 0 Å². The lowest BCUT2D eigenvalue weighted by Crippen LogP contribution is -2.38. The minimum absolute atomic E-state index is 0.177. The summed E-state index contributed by atoms with van der Waals surface area (Å²) in [6.45, 7) is 7.32. The Labute approximate surface area is 130 Å². The molecule has 7 nitrogen and oxygen atoms in total. The van der Waals surface area contributed by atoms with Crippen LogP contribution in [-0.4, -0.2) is 42.9 Å². The summed E-state index contributed by atoms with van der Waals surface area (Å²) in [6, 6.07) is 0.177. The second kappa shape index (κ2) is 7.00. The van der Waals surface area contributed by atoms with E-state index < -0.39 is 0 Å². The van der Waals surface area contributed by atoms with E-state index >= 15 is 0 Å². The first-order valence-electron chi connectivity index (χ1n) is 8.15. The van der Waals surface area contributed by atoms with Crippen LogP contribution in [0.2, 0.25) is 0 Å². The molecule has 0 aromatic carbocycles. The minimum Gasteiger partial charge on any atom is -0.338 e. The number of rotatable bonds is 6. The molecule has 1 saturated heterocycles. The van der Waals surface area contributed by atoms with Gasteiger partial charge in [-0.2, -0.15) is 10.1 Å². The molecule has 0 radical (unpaired) electrons. The van der Waals surface area contributed by atoms with Gasteiger partial charge in [-0.3, -0.25) is 9.58 Å². The Balaban J connectivity index is 1.60. The number of nitrogens with zero attached hydrogens (tertiary/aromatic N) is 6. The van der Waals surface area contributed by atoms with Gasteiger partial charge in [-0.15, -0.1) is 0 Å². The third-order valence-electron chi connectivity index (χ3n) is 4.32. The zero-order valence-corrected chi connectivity index (χ0v) is 13.4. The zero-order valence-electron chi connectivity index (χ0n) is 13.4. The van der Waals surface area contributed by atoms with E-state index in [-0.39, 0.29) is 6.04 Å². The quantitative estimate of drug-likeness (QED) is 0.813. The summed E-state index contributed by atoms with van der Waals surface area (Å²) in [5, 5.41) is 8.27. The smallest absolute Gasteiger partial charge is 0.243 e. The van der Waals surface area contributed by atoms with Gasteiger partial charge in [-0.25, -0.2) is 4.98 Å². The van der Waals surface area contributed by atoms with E-state index in [0.29, 0.717) is 5.92 Å². The molecular formula is C15H24N6O. The minimum atomic E-state index is 0.177. The van der Waals surface area contributed by atoms with Crippen molar-refractivity contribution in [3.05, 3.63) is 24.4 Å². The van der Waals surface area contributed by atoms with Gasteiger partial charge in [0, 0.05) is 19.5 Å². The molecule has 0 bridgehead atoms. The topological polar surface area (TPSA) is 72.9 Å². The van der Waals surface area contributed by atoms with Crippen molar-refractivity contribution in [2.75, 3.05) is 13.1 Å². The molecule has 0 saturated carbocycles. The molecule has 22 heavy (non-hydrogen) atoms. The van der Waals surface area contributed by atoms with E-state index in [1.54, 1.807) is 12.7 Å². The second-order valence-corrected chi connectivity index (χ2v) is 6.10. The summed E-state index contributed by atoms with van der Waals surface area (Å²) in [5.41, 5.74) is 0. The van der Waals surface area contributed by atoms with Gasteiger partial charge >= 0.3 is 0 Å². The van der Waals surface area contributed by atoms with E-state index in [1.165, 1.54) is 12.8 Å². The van der Waals surface area contributed by atoms with Gasteiger partial charge < -0.3 is 4.52 Å². The second-order valence-electron chi connectivity index (χ2n) is 6.10. The fraction of sp³-hybridized carbons (Fsp3) is 0.733. The Morgan fingerprint density at radius 1 is 1.45 bits per heavy atom. The van der Waals surface area contributed by atoms with E-state index in [2.05, 4.69) is 39.0 Å². The van der Waals surface area contributed by atoms with Crippen LogP contribution in [0, 0.1) is 5.92 Å². The average Bonchev–Trinajstić information content (AvgIpc) is 3.19. The van der Waals surface area contributed by atoms with Crippen molar-refractivity contribution in [1.29, 1.82) is 0 Å². The van der Waals surface area contributed by atoms with Crippen molar-refractivity contribution < 1.29 is 4.52 Å². The Morgan fingerprint density at radius 2 is 2.36 bits per heavy atom. The van der Waals surface area contributed by atoms with Gasteiger partial charge in [0.2, 0.25) is 5.89 Å². The van der Waals surface area contributed by atoms with E-state index in [0.717, 1.165) is 44.2 Å². The standard InChI is InChI=1S/C15H24N6O/c1-3-5-14-18-15(22-19-14)12(2)20-7-4-6-13(8-20)9-21-11-16-10-17-21/h10-13H,3-9H2,1-2H3. The Bertz CT molecular complexity index is 566. The molecule has 120 valence electrons. The lowest BCUT2D eigenvalue weighted by atomic mass is 9.97. The molecule has 2 atom stereocenters. The molecule has 3 heterocycles. The molecule has 7 heteroatoms. The van der Waals surface area contributed by atoms with Crippen LogP contribution < -0.4 is 0 Å². The number of hydrogen-bond acceptors (Lipinski definition) is 6. The van der Waals surface area contributed by atoms with Crippen molar-refractivity contribution in [3.63, 3.8) is 0 Å². The Hall–Kier alpha value is -1.76. The molecule has 0 amide bonds. The van der Waals surface area contributed by atoms with Crippen LogP contribution in [0.1, 0.15) is 50.9 Å². The maximum atomic E-state index is 5.44. The molecule has 1 aliphatic heterocycles.